The van der Waals surface area contributed by atoms with Gasteiger partial charge in [0.1, 0.15) is 0 Å². The van der Waals surface area contributed by atoms with Crippen molar-refractivity contribution < 1.29 is 0 Å². The Morgan fingerprint density at radius 1 is 0.842 bits per heavy atom. The van der Waals surface area contributed by atoms with E-state index >= 15 is 0 Å². The second-order valence-electron chi connectivity index (χ2n) is 7.97. The highest BCUT2D eigenvalue weighted by molar-refractivity contribution is 5.08. The summed E-state index contributed by atoms with van der Waals surface area (Å²) in [6, 6.07) is 0. The molecule has 5 rings (SSSR count). The number of piperazine rings is 1. The number of nitrogens with zero attached hydrogens (tertiary/aromatic N) is 2. The Morgan fingerprint density at radius 2 is 1.37 bits per heavy atom. The van der Waals surface area contributed by atoms with Gasteiger partial charge in [-0.3, -0.25) is 4.90 Å². The van der Waals surface area contributed by atoms with Crippen LogP contribution in [0.5, 0.6) is 0 Å². The molecule has 0 aromatic carbocycles. The summed E-state index contributed by atoms with van der Waals surface area (Å²) in [6.07, 6.45) is 10.7. The minimum Gasteiger partial charge on any atom is -0.301 e. The molecular weight excluding hydrogens is 232 g/mol. The van der Waals surface area contributed by atoms with E-state index in [-0.39, 0.29) is 0 Å². The second-order valence-corrected chi connectivity index (χ2v) is 7.97. The Bertz CT molecular complexity index is 295. The summed E-state index contributed by atoms with van der Waals surface area (Å²) in [5.74, 6) is 3.29. The van der Waals surface area contributed by atoms with E-state index in [1.165, 1.54) is 39.1 Å². The van der Waals surface area contributed by atoms with Gasteiger partial charge in [-0.2, -0.15) is 0 Å². The van der Waals surface area contributed by atoms with Gasteiger partial charge in [0.25, 0.3) is 0 Å². The normalized spacial score (nSPS) is 46.9. The molecule has 4 saturated carbocycles. The third-order valence-corrected chi connectivity index (χ3v) is 6.59. The van der Waals surface area contributed by atoms with Crippen molar-refractivity contribution in [2.24, 2.45) is 17.8 Å². The summed E-state index contributed by atoms with van der Waals surface area (Å²) in [5, 5.41) is 0. The van der Waals surface area contributed by atoms with Crippen LogP contribution in [0.15, 0.2) is 0 Å². The minimum atomic E-state index is 0.660. The molecule has 19 heavy (non-hydrogen) atoms. The molecule has 5 fully saturated rings. The standard InChI is InChI=1S/C17H30N2/c1-2-3-18-4-6-19(7-5-18)17-11-14-8-15(12-17)10-16(9-14)13-17/h14-16H,2-13H2,1H3. The highest BCUT2D eigenvalue weighted by atomic mass is 15.3. The van der Waals surface area contributed by atoms with Crippen molar-refractivity contribution in [3.63, 3.8) is 0 Å². The van der Waals surface area contributed by atoms with Gasteiger partial charge in [-0.25, -0.2) is 0 Å². The maximum atomic E-state index is 2.93. The molecule has 1 heterocycles. The van der Waals surface area contributed by atoms with Crippen molar-refractivity contribution in [1.82, 2.24) is 9.80 Å². The van der Waals surface area contributed by atoms with Crippen LogP contribution in [0, 0.1) is 17.8 Å². The molecule has 0 aromatic heterocycles. The van der Waals surface area contributed by atoms with Crippen LogP contribution < -0.4 is 0 Å². The first-order chi connectivity index (χ1) is 9.27. The number of rotatable bonds is 3. The van der Waals surface area contributed by atoms with Crippen LogP contribution in [0.2, 0.25) is 0 Å². The van der Waals surface area contributed by atoms with Crippen LogP contribution in [0.4, 0.5) is 0 Å². The summed E-state index contributed by atoms with van der Waals surface area (Å²) in [4.78, 5) is 5.61. The van der Waals surface area contributed by atoms with Gasteiger partial charge < -0.3 is 4.90 Å². The number of hydrogen-bond donors (Lipinski definition) is 0. The van der Waals surface area contributed by atoms with Crippen LogP contribution in [0.1, 0.15) is 51.9 Å². The Hall–Kier alpha value is -0.0800. The summed E-state index contributed by atoms with van der Waals surface area (Å²) < 4.78 is 0. The zero-order valence-corrected chi connectivity index (χ0v) is 12.6. The van der Waals surface area contributed by atoms with Crippen LogP contribution in [-0.4, -0.2) is 48.1 Å². The van der Waals surface area contributed by atoms with Gasteiger partial charge in [-0.1, -0.05) is 6.92 Å². The predicted octanol–water partition coefficient (Wildman–Crippen LogP) is 2.98. The Kier molecular flexibility index (Phi) is 3.15. The fourth-order valence-corrected chi connectivity index (χ4v) is 6.21. The lowest BCUT2D eigenvalue weighted by Gasteiger charge is -2.61. The van der Waals surface area contributed by atoms with E-state index in [1.54, 1.807) is 38.5 Å². The van der Waals surface area contributed by atoms with Crippen LogP contribution >= 0.6 is 0 Å². The van der Waals surface area contributed by atoms with Gasteiger partial charge in [0.2, 0.25) is 0 Å². The van der Waals surface area contributed by atoms with Gasteiger partial charge in [0, 0.05) is 31.7 Å². The highest BCUT2D eigenvalue weighted by Gasteiger charge is 2.53. The molecule has 0 spiro atoms. The van der Waals surface area contributed by atoms with Crippen LogP contribution in [0.3, 0.4) is 0 Å². The largest absolute Gasteiger partial charge is 0.301 e. The van der Waals surface area contributed by atoms with Gasteiger partial charge in [0.15, 0.2) is 0 Å². The molecule has 0 unspecified atom stereocenters. The molecule has 4 bridgehead atoms. The quantitative estimate of drug-likeness (QED) is 0.771. The first-order valence-corrected chi connectivity index (χ1v) is 8.75. The highest BCUT2D eigenvalue weighted by Crippen LogP contribution is 2.57. The number of hydrogen-bond acceptors (Lipinski definition) is 2. The summed E-state index contributed by atoms with van der Waals surface area (Å²) in [6.45, 7) is 8.99. The van der Waals surface area contributed by atoms with Gasteiger partial charge >= 0.3 is 0 Å². The molecule has 5 aliphatic rings. The van der Waals surface area contributed by atoms with E-state index in [9.17, 15) is 0 Å². The lowest BCUT2D eigenvalue weighted by atomic mass is 9.52. The van der Waals surface area contributed by atoms with E-state index < -0.39 is 0 Å². The van der Waals surface area contributed by atoms with E-state index in [0.717, 1.165) is 17.8 Å². The fourth-order valence-electron chi connectivity index (χ4n) is 6.21. The molecule has 0 aromatic rings. The maximum Gasteiger partial charge on any atom is 0.0218 e. The maximum absolute atomic E-state index is 2.93. The summed E-state index contributed by atoms with van der Waals surface area (Å²) in [5.41, 5.74) is 0.660. The van der Waals surface area contributed by atoms with Crippen molar-refractivity contribution >= 4 is 0 Å². The summed E-state index contributed by atoms with van der Waals surface area (Å²) >= 11 is 0. The zero-order valence-electron chi connectivity index (χ0n) is 12.6. The predicted molar refractivity (Wildman–Crippen MR) is 79.2 cm³/mol. The molecule has 2 nitrogen and oxygen atoms in total. The summed E-state index contributed by atoms with van der Waals surface area (Å²) in [7, 11) is 0. The average molecular weight is 262 g/mol. The van der Waals surface area contributed by atoms with Crippen molar-refractivity contribution in [2.75, 3.05) is 32.7 Å². The lowest BCUT2D eigenvalue weighted by molar-refractivity contribution is -0.101. The lowest BCUT2D eigenvalue weighted by Crippen LogP contribution is -2.63. The van der Waals surface area contributed by atoms with Crippen molar-refractivity contribution in [3.8, 4) is 0 Å². The van der Waals surface area contributed by atoms with E-state index in [4.69, 9.17) is 0 Å². The first-order valence-electron chi connectivity index (χ1n) is 8.75. The molecule has 0 radical (unpaired) electrons. The van der Waals surface area contributed by atoms with Gasteiger partial charge in [0.05, 0.1) is 0 Å². The fraction of sp³-hybridized carbons (Fsp3) is 1.00. The van der Waals surface area contributed by atoms with Gasteiger partial charge in [-0.05, 0) is 69.2 Å². The van der Waals surface area contributed by atoms with E-state index in [2.05, 4.69) is 16.7 Å². The zero-order chi connectivity index (χ0) is 12.9. The molecule has 4 aliphatic carbocycles. The van der Waals surface area contributed by atoms with Crippen molar-refractivity contribution in [1.29, 1.82) is 0 Å². The second kappa shape index (κ2) is 4.73. The molecular formula is C17H30N2. The Balaban J connectivity index is 1.45. The SMILES string of the molecule is CCCN1CCN(C23CC4CC(CC(C4)C2)C3)CC1. The third-order valence-electron chi connectivity index (χ3n) is 6.59. The molecule has 108 valence electrons. The first kappa shape index (κ1) is 12.6. The molecule has 0 atom stereocenters. The smallest absolute Gasteiger partial charge is 0.0218 e. The Labute approximate surface area is 118 Å². The van der Waals surface area contributed by atoms with Crippen molar-refractivity contribution in [2.45, 2.75) is 57.4 Å². The topological polar surface area (TPSA) is 6.48 Å². The minimum absolute atomic E-state index is 0.660. The molecule has 0 N–H and O–H groups in total. The van der Waals surface area contributed by atoms with Crippen LogP contribution in [-0.2, 0) is 0 Å². The average Bonchev–Trinajstić information content (AvgIpc) is 2.38. The van der Waals surface area contributed by atoms with E-state index in [1.807, 2.05) is 0 Å². The molecule has 1 aliphatic heterocycles. The van der Waals surface area contributed by atoms with Crippen LogP contribution in [0.25, 0.3) is 0 Å². The van der Waals surface area contributed by atoms with Crippen molar-refractivity contribution in [3.05, 3.63) is 0 Å². The third kappa shape index (κ3) is 2.15. The molecule has 1 saturated heterocycles. The molecule has 2 heteroatoms. The van der Waals surface area contributed by atoms with E-state index in [0.29, 0.717) is 5.54 Å². The molecule has 0 amide bonds. The monoisotopic (exact) mass is 262 g/mol. The van der Waals surface area contributed by atoms with Gasteiger partial charge in [-0.15, -0.1) is 0 Å². The Morgan fingerprint density at radius 3 is 1.84 bits per heavy atom.